The number of aromatic nitrogens is 2. The van der Waals surface area contributed by atoms with E-state index < -0.39 is 0 Å². The lowest BCUT2D eigenvalue weighted by atomic mass is 10.1. The number of carbonyl (C=O) groups excluding carboxylic acids is 1. The molecule has 5 heteroatoms. The summed E-state index contributed by atoms with van der Waals surface area (Å²) in [4.78, 5) is 21.1. The lowest BCUT2D eigenvalue weighted by Gasteiger charge is -2.14. The van der Waals surface area contributed by atoms with Gasteiger partial charge >= 0.3 is 0 Å². The van der Waals surface area contributed by atoms with E-state index >= 15 is 0 Å². The topological polar surface area (TPSA) is 66.9 Å². The third-order valence-corrected chi connectivity index (χ3v) is 4.36. The SMILES string of the molecule is O=C1Cc2cnc(NC3CCCC3)nc2-c2ccccc2N1. The number of nitrogens with one attached hydrogen (secondary N) is 2. The van der Waals surface area contributed by atoms with Crippen LogP contribution in [-0.2, 0) is 11.2 Å². The minimum absolute atomic E-state index is 0.0219. The Bertz CT molecular complexity index is 722. The van der Waals surface area contributed by atoms with Crippen LogP contribution in [0.5, 0.6) is 0 Å². The molecule has 2 heterocycles. The van der Waals surface area contributed by atoms with Crippen molar-refractivity contribution < 1.29 is 4.79 Å². The summed E-state index contributed by atoms with van der Waals surface area (Å²) in [6.07, 6.45) is 6.98. The molecule has 1 fully saturated rings. The van der Waals surface area contributed by atoms with Crippen molar-refractivity contribution in [1.29, 1.82) is 0 Å². The molecule has 0 saturated heterocycles. The number of para-hydroxylation sites is 1. The Balaban J connectivity index is 1.75. The Morgan fingerprint density at radius 3 is 2.86 bits per heavy atom. The molecule has 1 aliphatic heterocycles. The van der Waals surface area contributed by atoms with Gasteiger partial charge in [-0.15, -0.1) is 0 Å². The van der Waals surface area contributed by atoms with E-state index in [-0.39, 0.29) is 5.91 Å². The molecule has 1 saturated carbocycles. The zero-order chi connectivity index (χ0) is 14.9. The van der Waals surface area contributed by atoms with Crippen molar-refractivity contribution in [2.24, 2.45) is 0 Å². The molecule has 112 valence electrons. The molecule has 5 nitrogen and oxygen atoms in total. The van der Waals surface area contributed by atoms with Crippen molar-refractivity contribution in [2.75, 3.05) is 10.6 Å². The molecule has 0 bridgehead atoms. The lowest BCUT2D eigenvalue weighted by Crippen LogP contribution is -2.17. The van der Waals surface area contributed by atoms with Crippen LogP contribution >= 0.6 is 0 Å². The molecule has 0 unspecified atom stereocenters. The van der Waals surface area contributed by atoms with E-state index in [1.807, 2.05) is 24.3 Å². The first-order valence-corrected chi connectivity index (χ1v) is 7.81. The summed E-state index contributed by atoms with van der Waals surface area (Å²) in [6, 6.07) is 8.26. The van der Waals surface area contributed by atoms with E-state index in [4.69, 9.17) is 4.98 Å². The van der Waals surface area contributed by atoms with Crippen LogP contribution in [0.3, 0.4) is 0 Å². The van der Waals surface area contributed by atoms with Crippen LogP contribution in [0.25, 0.3) is 11.3 Å². The van der Waals surface area contributed by atoms with Gasteiger partial charge in [0.15, 0.2) is 0 Å². The van der Waals surface area contributed by atoms with Crippen molar-refractivity contribution in [1.82, 2.24) is 9.97 Å². The average molecular weight is 294 g/mol. The first-order valence-electron chi connectivity index (χ1n) is 7.81. The number of carbonyl (C=O) groups is 1. The Morgan fingerprint density at radius 1 is 1.18 bits per heavy atom. The number of anilines is 2. The van der Waals surface area contributed by atoms with E-state index in [0.29, 0.717) is 18.4 Å². The predicted molar refractivity (Wildman–Crippen MR) is 85.7 cm³/mol. The van der Waals surface area contributed by atoms with Crippen molar-refractivity contribution in [3.8, 4) is 11.3 Å². The highest BCUT2D eigenvalue weighted by molar-refractivity contribution is 5.99. The number of benzene rings is 1. The second-order valence-corrected chi connectivity index (χ2v) is 5.96. The summed E-state index contributed by atoms with van der Waals surface area (Å²) in [5, 5.41) is 6.36. The molecule has 1 aromatic heterocycles. The van der Waals surface area contributed by atoms with E-state index in [9.17, 15) is 4.79 Å². The third-order valence-electron chi connectivity index (χ3n) is 4.36. The van der Waals surface area contributed by atoms with Crippen LogP contribution in [0, 0.1) is 0 Å². The molecule has 2 aromatic rings. The lowest BCUT2D eigenvalue weighted by molar-refractivity contribution is -0.115. The maximum absolute atomic E-state index is 12.0. The quantitative estimate of drug-likeness (QED) is 0.893. The van der Waals surface area contributed by atoms with Gasteiger partial charge < -0.3 is 10.6 Å². The second kappa shape index (κ2) is 5.40. The summed E-state index contributed by atoms with van der Waals surface area (Å²) in [6.45, 7) is 0. The first kappa shape index (κ1) is 13.2. The molecule has 0 spiro atoms. The highest BCUT2D eigenvalue weighted by Crippen LogP contribution is 2.32. The normalized spacial score (nSPS) is 17.4. The van der Waals surface area contributed by atoms with Gasteiger partial charge in [0.2, 0.25) is 11.9 Å². The minimum atomic E-state index is -0.0219. The molecule has 0 atom stereocenters. The molecule has 1 aliphatic carbocycles. The molecular formula is C17H18N4O. The molecule has 4 rings (SSSR count). The maximum atomic E-state index is 12.0. The van der Waals surface area contributed by atoms with Gasteiger partial charge in [0.1, 0.15) is 0 Å². The molecular weight excluding hydrogens is 276 g/mol. The summed E-state index contributed by atoms with van der Waals surface area (Å²) >= 11 is 0. The van der Waals surface area contributed by atoms with Crippen LogP contribution in [-0.4, -0.2) is 21.9 Å². The van der Waals surface area contributed by atoms with Gasteiger partial charge in [-0.1, -0.05) is 31.0 Å². The van der Waals surface area contributed by atoms with Gasteiger partial charge in [0.05, 0.1) is 17.8 Å². The minimum Gasteiger partial charge on any atom is -0.351 e. The van der Waals surface area contributed by atoms with Gasteiger partial charge in [0.25, 0.3) is 0 Å². The average Bonchev–Trinajstić information content (AvgIpc) is 2.97. The van der Waals surface area contributed by atoms with Crippen LogP contribution in [0.4, 0.5) is 11.6 Å². The summed E-state index contributed by atoms with van der Waals surface area (Å²) < 4.78 is 0. The van der Waals surface area contributed by atoms with Crippen molar-refractivity contribution in [3.63, 3.8) is 0 Å². The van der Waals surface area contributed by atoms with Crippen LogP contribution < -0.4 is 10.6 Å². The van der Waals surface area contributed by atoms with Crippen molar-refractivity contribution >= 4 is 17.5 Å². The first-order chi connectivity index (χ1) is 10.8. The Labute approximate surface area is 129 Å². The number of hydrogen-bond acceptors (Lipinski definition) is 4. The Kier molecular flexibility index (Phi) is 3.25. The smallest absolute Gasteiger partial charge is 0.228 e. The zero-order valence-electron chi connectivity index (χ0n) is 12.3. The summed E-state index contributed by atoms with van der Waals surface area (Å²) in [7, 11) is 0. The van der Waals surface area contributed by atoms with E-state index in [1.165, 1.54) is 25.7 Å². The highest BCUT2D eigenvalue weighted by atomic mass is 16.1. The standard InChI is InChI=1S/C17H18N4O/c22-15-9-11-10-18-17(19-12-5-1-2-6-12)21-16(11)13-7-3-4-8-14(13)20-15/h3-4,7-8,10,12H,1-2,5-6,9H2,(H,20,22)(H,18,19,21). The summed E-state index contributed by atoms with van der Waals surface area (Å²) in [5.74, 6) is 0.640. The second-order valence-electron chi connectivity index (χ2n) is 5.96. The molecule has 1 amide bonds. The number of amides is 1. The number of nitrogens with zero attached hydrogens (tertiary/aromatic N) is 2. The zero-order valence-corrected chi connectivity index (χ0v) is 12.3. The Hall–Kier alpha value is -2.43. The Morgan fingerprint density at radius 2 is 2.00 bits per heavy atom. The molecule has 22 heavy (non-hydrogen) atoms. The van der Waals surface area contributed by atoms with E-state index in [1.54, 1.807) is 6.20 Å². The van der Waals surface area contributed by atoms with E-state index in [2.05, 4.69) is 15.6 Å². The highest BCUT2D eigenvalue weighted by Gasteiger charge is 2.21. The monoisotopic (exact) mass is 294 g/mol. The van der Waals surface area contributed by atoms with Gasteiger partial charge in [-0.2, -0.15) is 0 Å². The van der Waals surface area contributed by atoms with Crippen molar-refractivity contribution in [2.45, 2.75) is 38.1 Å². The van der Waals surface area contributed by atoms with Gasteiger partial charge in [-0.25, -0.2) is 9.97 Å². The van der Waals surface area contributed by atoms with E-state index in [0.717, 1.165) is 22.5 Å². The van der Waals surface area contributed by atoms with Crippen LogP contribution in [0.2, 0.25) is 0 Å². The van der Waals surface area contributed by atoms with Crippen molar-refractivity contribution in [3.05, 3.63) is 36.0 Å². The molecule has 0 radical (unpaired) electrons. The molecule has 2 aliphatic rings. The third kappa shape index (κ3) is 2.43. The van der Waals surface area contributed by atoms with Gasteiger partial charge in [-0.05, 0) is 18.9 Å². The van der Waals surface area contributed by atoms with Crippen LogP contribution in [0.1, 0.15) is 31.2 Å². The molecule has 2 N–H and O–H groups in total. The number of rotatable bonds is 2. The predicted octanol–water partition coefficient (Wildman–Crippen LogP) is 2.99. The fourth-order valence-corrected chi connectivity index (χ4v) is 3.26. The molecule has 1 aromatic carbocycles. The largest absolute Gasteiger partial charge is 0.351 e. The maximum Gasteiger partial charge on any atom is 0.228 e. The van der Waals surface area contributed by atoms with Crippen LogP contribution in [0.15, 0.2) is 30.5 Å². The number of hydrogen-bond donors (Lipinski definition) is 2. The van der Waals surface area contributed by atoms with Gasteiger partial charge in [-0.3, -0.25) is 4.79 Å². The fraction of sp³-hybridized carbons (Fsp3) is 0.353. The fourth-order valence-electron chi connectivity index (χ4n) is 3.26. The van der Waals surface area contributed by atoms with Gasteiger partial charge in [0, 0.05) is 23.4 Å². The summed E-state index contributed by atoms with van der Waals surface area (Å²) in [5.41, 5.74) is 3.50. The number of fused-ring (bicyclic) bond motifs is 3.